The lowest BCUT2D eigenvalue weighted by Crippen LogP contribution is -2.17. The first-order chi connectivity index (χ1) is 10.1. The molecule has 106 valence electrons. The van der Waals surface area contributed by atoms with Gasteiger partial charge in [-0.3, -0.25) is 4.79 Å². The second kappa shape index (κ2) is 7.14. The molecule has 0 spiro atoms. The van der Waals surface area contributed by atoms with Crippen molar-refractivity contribution in [3.05, 3.63) is 77.1 Å². The molecule has 0 radical (unpaired) electrons. The monoisotopic (exact) mass is 282 g/mol. The zero-order valence-electron chi connectivity index (χ0n) is 11.6. The maximum Gasteiger partial charge on any atom is 0.271 e. The predicted octanol–water partition coefficient (Wildman–Crippen LogP) is 3.56. The highest BCUT2D eigenvalue weighted by molar-refractivity contribution is 5.94. The van der Waals surface area contributed by atoms with Crippen molar-refractivity contribution in [2.24, 2.45) is 5.10 Å². The minimum Gasteiger partial charge on any atom is -0.267 e. The van der Waals surface area contributed by atoms with Gasteiger partial charge in [0.15, 0.2) is 0 Å². The summed E-state index contributed by atoms with van der Waals surface area (Å²) in [5.41, 5.74) is 4.98. The van der Waals surface area contributed by atoms with Gasteiger partial charge in [0.2, 0.25) is 0 Å². The normalized spacial score (nSPS) is 11.1. The molecule has 2 aromatic carbocycles. The molecule has 0 aliphatic heterocycles. The van der Waals surface area contributed by atoms with Crippen LogP contribution in [0.2, 0.25) is 0 Å². The highest BCUT2D eigenvalue weighted by atomic mass is 19.1. The molecule has 2 rings (SSSR count). The summed E-state index contributed by atoms with van der Waals surface area (Å²) < 4.78 is 12.7. The first kappa shape index (κ1) is 14.7. The Morgan fingerprint density at radius 2 is 1.76 bits per heavy atom. The molecule has 0 aliphatic carbocycles. The number of amides is 1. The van der Waals surface area contributed by atoms with E-state index in [4.69, 9.17) is 0 Å². The van der Waals surface area contributed by atoms with Crippen molar-refractivity contribution in [3.63, 3.8) is 0 Å². The van der Waals surface area contributed by atoms with Crippen LogP contribution in [0.5, 0.6) is 0 Å². The molecule has 0 fully saturated rings. The Hall–Kier alpha value is -2.75. The Balaban J connectivity index is 1.86. The maximum absolute atomic E-state index is 12.7. The Morgan fingerprint density at radius 3 is 2.43 bits per heavy atom. The van der Waals surface area contributed by atoms with Crippen molar-refractivity contribution in [2.45, 2.75) is 6.92 Å². The fraction of sp³-hybridized carbons (Fsp3) is 0.0588. The summed E-state index contributed by atoms with van der Waals surface area (Å²) in [6.45, 7) is 2.03. The summed E-state index contributed by atoms with van der Waals surface area (Å²) in [6.07, 6.45) is 5.10. The highest BCUT2D eigenvalue weighted by Crippen LogP contribution is 2.04. The van der Waals surface area contributed by atoms with Crippen LogP contribution in [-0.4, -0.2) is 12.1 Å². The third-order valence-corrected chi connectivity index (χ3v) is 2.80. The lowest BCUT2D eigenvalue weighted by molar-refractivity contribution is 0.0955. The van der Waals surface area contributed by atoms with E-state index in [2.05, 4.69) is 10.5 Å². The molecule has 1 N–H and O–H groups in total. The van der Waals surface area contributed by atoms with E-state index in [-0.39, 0.29) is 11.7 Å². The van der Waals surface area contributed by atoms with Gasteiger partial charge in [0.25, 0.3) is 5.91 Å². The molecular weight excluding hydrogens is 267 g/mol. The fourth-order valence-electron chi connectivity index (χ4n) is 1.64. The number of carbonyl (C=O) groups excluding carboxylic acids is 1. The van der Waals surface area contributed by atoms with E-state index >= 15 is 0 Å². The second-order valence-electron chi connectivity index (χ2n) is 4.50. The smallest absolute Gasteiger partial charge is 0.267 e. The predicted molar refractivity (Wildman–Crippen MR) is 82.6 cm³/mol. The minimum atomic E-state index is -0.380. The average molecular weight is 282 g/mol. The maximum atomic E-state index is 12.7. The molecule has 0 unspecified atom stereocenters. The number of halogens is 1. The van der Waals surface area contributed by atoms with Gasteiger partial charge in [-0.15, -0.1) is 0 Å². The summed E-state index contributed by atoms with van der Waals surface area (Å²) in [7, 11) is 0. The number of allylic oxidation sites excluding steroid dienone is 1. The van der Waals surface area contributed by atoms with E-state index in [9.17, 15) is 9.18 Å². The molecule has 4 heteroatoms. The molecule has 0 aromatic heterocycles. The van der Waals surface area contributed by atoms with Crippen molar-refractivity contribution in [3.8, 4) is 0 Å². The fourth-order valence-corrected chi connectivity index (χ4v) is 1.64. The molecule has 2 aromatic rings. The summed E-state index contributed by atoms with van der Waals surface area (Å²) in [5.74, 6) is -0.758. The number of hydrogen-bond donors (Lipinski definition) is 1. The Labute approximate surface area is 122 Å². The zero-order valence-corrected chi connectivity index (χ0v) is 11.6. The summed E-state index contributed by atoms with van der Waals surface area (Å²) >= 11 is 0. The molecule has 3 nitrogen and oxygen atoms in total. The van der Waals surface area contributed by atoms with Gasteiger partial charge in [0, 0.05) is 11.8 Å². The van der Waals surface area contributed by atoms with Crippen LogP contribution in [0.25, 0.3) is 6.08 Å². The van der Waals surface area contributed by atoms with Gasteiger partial charge >= 0.3 is 0 Å². The molecule has 0 bridgehead atoms. The molecule has 0 saturated heterocycles. The van der Waals surface area contributed by atoms with Gasteiger partial charge in [0.1, 0.15) is 5.82 Å². The highest BCUT2D eigenvalue weighted by Gasteiger charge is 2.02. The van der Waals surface area contributed by atoms with Crippen LogP contribution in [0.3, 0.4) is 0 Å². The van der Waals surface area contributed by atoms with Crippen molar-refractivity contribution in [1.29, 1.82) is 0 Å². The molecule has 0 aliphatic rings. The summed E-state index contributed by atoms with van der Waals surface area (Å²) in [6, 6.07) is 13.3. The first-order valence-corrected chi connectivity index (χ1v) is 6.47. The standard InChI is InChI=1S/C17H15FN2O/c1-13-4-6-14(7-5-13)3-2-12-19-20-17(21)15-8-10-16(18)11-9-15/h2-12H,1H3,(H,20,21)/b3-2+,19-12+. The number of aryl methyl sites for hydroxylation is 1. The van der Waals surface area contributed by atoms with Gasteiger partial charge < -0.3 is 0 Å². The van der Waals surface area contributed by atoms with Crippen molar-refractivity contribution in [2.75, 3.05) is 0 Å². The van der Waals surface area contributed by atoms with E-state index < -0.39 is 0 Å². The lowest BCUT2D eigenvalue weighted by Gasteiger charge is -1.98. The number of benzene rings is 2. The van der Waals surface area contributed by atoms with Crippen LogP contribution in [0, 0.1) is 12.7 Å². The van der Waals surface area contributed by atoms with Crippen LogP contribution in [-0.2, 0) is 0 Å². The number of rotatable bonds is 4. The van der Waals surface area contributed by atoms with Gasteiger partial charge in [-0.1, -0.05) is 35.9 Å². The van der Waals surface area contributed by atoms with Crippen molar-refractivity contribution >= 4 is 18.2 Å². The summed E-state index contributed by atoms with van der Waals surface area (Å²) in [5, 5.41) is 3.80. The molecule has 1 amide bonds. The van der Waals surface area contributed by atoms with Crippen molar-refractivity contribution in [1.82, 2.24) is 5.43 Å². The van der Waals surface area contributed by atoms with Gasteiger partial charge in [-0.2, -0.15) is 5.10 Å². The zero-order chi connectivity index (χ0) is 15.1. The van der Waals surface area contributed by atoms with E-state index in [0.717, 1.165) is 5.56 Å². The van der Waals surface area contributed by atoms with E-state index in [1.165, 1.54) is 36.0 Å². The number of carbonyl (C=O) groups is 1. The molecule has 0 atom stereocenters. The number of nitrogens with one attached hydrogen (secondary N) is 1. The number of nitrogens with zero attached hydrogens (tertiary/aromatic N) is 1. The Morgan fingerprint density at radius 1 is 1.10 bits per heavy atom. The third kappa shape index (κ3) is 4.69. The molecule has 0 saturated carbocycles. The van der Waals surface area contributed by atoms with E-state index in [0.29, 0.717) is 5.56 Å². The van der Waals surface area contributed by atoms with E-state index in [1.54, 1.807) is 6.08 Å². The van der Waals surface area contributed by atoms with Gasteiger partial charge in [0.05, 0.1) is 0 Å². The SMILES string of the molecule is Cc1ccc(/C=C/C=N/NC(=O)c2ccc(F)cc2)cc1. The molecule has 0 heterocycles. The first-order valence-electron chi connectivity index (χ1n) is 6.47. The third-order valence-electron chi connectivity index (χ3n) is 2.80. The van der Waals surface area contributed by atoms with Crippen LogP contribution < -0.4 is 5.43 Å². The Bertz CT molecular complexity index is 658. The van der Waals surface area contributed by atoms with Gasteiger partial charge in [-0.05, 0) is 42.8 Å². The summed E-state index contributed by atoms with van der Waals surface area (Å²) in [4.78, 5) is 11.7. The molecular formula is C17H15FN2O. The second-order valence-corrected chi connectivity index (χ2v) is 4.50. The number of hydrazone groups is 1. The van der Waals surface area contributed by atoms with Gasteiger partial charge in [-0.25, -0.2) is 9.82 Å². The van der Waals surface area contributed by atoms with Crippen molar-refractivity contribution < 1.29 is 9.18 Å². The Kier molecular flexibility index (Phi) is 4.99. The van der Waals surface area contributed by atoms with E-state index in [1.807, 2.05) is 37.3 Å². The average Bonchev–Trinajstić information content (AvgIpc) is 2.49. The number of hydrogen-bond acceptors (Lipinski definition) is 2. The minimum absolute atomic E-state index is 0.357. The van der Waals surface area contributed by atoms with Crippen LogP contribution in [0.1, 0.15) is 21.5 Å². The van der Waals surface area contributed by atoms with Crippen LogP contribution in [0.15, 0.2) is 59.7 Å². The topological polar surface area (TPSA) is 41.5 Å². The quantitative estimate of drug-likeness (QED) is 0.676. The van der Waals surface area contributed by atoms with Crippen LogP contribution in [0.4, 0.5) is 4.39 Å². The lowest BCUT2D eigenvalue weighted by atomic mass is 10.1. The largest absolute Gasteiger partial charge is 0.271 e. The van der Waals surface area contributed by atoms with Crippen LogP contribution >= 0.6 is 0 Å². The molecule has 21 heavy (non-hydrogen) atoms.